The smallest absolute Gasteiger partial charge is 0.246 e. The number of likely N-dealkylation sites (tertiary alicyclic amines) is 1. The van der Waals surface area contributed by atoms with Gasteiger partial charge in [-0.25, -0.2) is 0 Å². The zero-order chi connectivity index (χ0) is 26.6. The zero-order valence-electron chi connectivity index (χ0n) is 21.6. The number of nitrogens with zero attached hydrogens (tertiary/aromatic N) is 1. The lowest BCUT2D eigenvalue weighted by Gasteiger charge is -2.42. The molecule has 5 aliphatic rings. The number of hydrogen-bond acceptors (Lipinski definition) is 4. The third-order valence-electron chi connectivity index (χ3n) is 9.37. The lowest BCUT2D eigenvalue weighted by Crippen LogP contribution is -2.59. The van der Waals surface area contributed by atoms with Crippen molar-refractivity contribution in [3.8, 4) is 0 Å². The van der Waals surface area contributed by atoms with Crippen LogP contribution in [-0.2, 0) is 19.1 Å². The zero-order valence-corrected chi connectivity index (χ0v) is 23.1. The molecule has 1 aromatic carbocycles. The molecule has 9 heteroatoms. The highest BCUT2D eigenvalue weighted by molar-refractivity contribution is 6.35. The van der Waals surface area contributed by atoms with Crippen LogP contribution < -0.4 is 10.6 Å². The number of halogens is 2. The standard InChI is InChI=1S/C29H35Cl2N3O4/c1-16-7-5-6-10-21(16)34-25(27(36)32-19-8-3-2-4-9-19)29-12-11-22(38-29)23(24(29)28(34)37)26(35)33-20-14-17(30)13-18(31)15-20/h11-16,19,21-25H,2-10H2,1H3,(H,32,36)(H,33,35)/t16?,21?,22-,23?,24-,25?,29?/m0/s1. The monoisotopic (exact) mass is 559 g/mol. The van der Waals surface area contributed by atoms with Gasteiger partial charge in [0.25, 0.3) is 0 Å². The fourth-order valence-corrected chi connectivity index (χ4v) is 8.18. The van der Waals surface area contributed by atoms with Gasteiger partial charge in [-0.2, -0.15) is 0 Å². The van der Waals surface area contributed by atoms with E-state index in [0.717, 1.165) is 51.4 Å². The normalized spacial score (nSPS) is 36.4. The van der Waals surface area contributed by atoms with Crippen molar-refractivity contribution in [2.45, 2.75) is 94.5 Å². The molecule has 0 radical (unpaired) electrons. The largest absolute Gasteiger partial charge is 0.359 e. The second kappa shape index (κ2) is 10.1. The van der Waals surface area contributed by atoms with Crippen LogP contribution in [0.25, 0.3) is 0 Å². The molecular formula is C29H35Cl2N3O4. The van der Waals surface area contributed by atoms with E-state index in [2.05, 4.69) is 17.6 Å². The molecule has 2 saturated carbocycles. The van der Waals surface area contributed by atoms with Crippen molar-refractivity contribution in [1.29, 1.82) is 0 Å². The van der Waals surface area contributed by atoms with Crippen molar-refractivity contribution in [3.63, 3.8) is 0 Å². The number of anilines is 1. The van der Waals surface area contributed by atoms with Crippen molar-refractivity contribution in [2.24, 2.45) is 17.8 Å². The second-order valence-electron chi connectivity index (χ2n) is 11.8. The van der Waals surface area contributed by atoms with E-state index in [1.807, 2.05) is 17.1 Å². The Morgan fingerprint density at radius 2 is 1.66 bits per heavy atom. The molecule has 38 heavy (non-hydrogen) atoms. The molecule has 2 N–H and O–H groups in total. The van der Waals surface area contributed by atoms with Gasteiger partial charge in [-0.1, -0.05) is 74.4 Å². The van der Waals surface area contributed by atoms with Crippen LogP contribution in [0, 0.1) is 17.8 Å². The summed E-state index contributed by atoms with van der Waals surface area (Å²) in [5.41, 5.74) is -0.686. The van der Waals surface area contributed by atoms with Gasteiger partial charge < -0.3 is 20.3 Å². The first-order valence-corrected chi connectivity index (χ1v) is 14.8. The Morgan fingerprint density at radius 1 is 0.974 bits per heavy atom. The molecule has 2 aliphatic carbocycles. The van der Waals surface area contributed by atoms with Crippen molar-refractivity contribution < 1.29 is 19.1 Å². The van der Waals surface area contributed by atoms with Crippen LogP contribution in [0.4, 0.5) is 5.69 Å². The fourth-order valence-electron chi connectivity index (χ4n) is 7.65. The quantitative estimate of drug-likeness (QED) is 0.490. The molecule has 3 amide bonds. The first-order chi connectivity index (χ1) is 18.3. The molecule has 0 aromatic heterocycles. The van der Waals surface area contributed by atoms with E-state index in [1.165, 1.54) is 6.42 Å². The molecule has 1 spiro atoms. The minimum absolute atomic E-state index is 0.0511. The maximum atomic E-state index is 14.3. The summed E-state index contributed by atoms with van der Waals surface area (Å²) in [5.74, 6) is -1.87. The number of fused-ring (bicyclic) bond motifs is 1. The van der Waals surface area contributed by atoms with E-state index in [9.17, 15) is 14.4 Å². The summed E-state index contributed by atoms with van der Waals surface area (Å²) in [5, 5.41) is 6.99. The highest BCUT2D eigenvalue weighted by atomic mass is 35.5. The summed E-state index contributed by atoms with van der Waals surface area (Å²) in [4.78, 5) is 43.8. The number of amides is 3. The molecular weight excluding hydrogens is 525 g/mol. The molecule has 2 bridgehead atoms. The molecule has 3 heterocycles. The number of ether oxygens (including phenoxy) is 1. The number of carbonyl (C=O) groups is 3. The van der Waals surface area contributed by atoms with E-state index in [1.54, 1.807) is 18.2 Å². The van der Waals surface area contributed by atoms with E-state index in [-0.39, 0.29) is 35.7 Å². The van der Waals surface area contributed by atoms with E-state index in [0.29, 0.717) is 15.7 Å². The second-order valence-corrected chi connectivity index (χ2v) is 12.6. The average Bonchev–Trinajstić information content (AvgIpc) is 3.52. The van der Waals surface area contributed by atoms with E-state index < -0.39 is 29.6 Å². The van der Waals surface area contributed by atoms with Crippen LogP contribution in [0.1, 0.15) is 64.7 Å². The van der Waals surface area contributed by atoms with Crippen molar-refractivity contribution in [3.05, 3.63) is 40.4 Å². The predicted octanol–water partition coefficient (Wildman–Crippen LogP) is 5.11. The minimum atomic E-state index is -1.15. The Kier molecular flexibility index (Phi) is 6.98. The third kappa shape index (κ3) is 4.35. The lowest BCUT2D eigenvalue weighted by atomic mass is 9.74. The van der Waals surface area contributed by atoms with Crippen LogP contribution in [0.5, 0.6) is 0 Å². The molecule has 1 aromatic rings. The summed E-state index contributed by atoms with van der Waals surface area (Å²) < 4.78 is 6.51. The predicted molar refractivity (Wildman–Crippen MR) is 146 cm³/mol. The van der Waals surface area contributed by atoms with Gasteiger partial charge in [0.1, 0.15) is 11.6 Å². The number of hydrogen-bond donors (Lipinski definition) is 2. The van der Waals surface area contributed by atoms with Crippen LogP contribution in [0.15, 0.2) is 30.4 Å². The SMILES string of the molecule is CC1CCCCC1N1C(=O)[C@@H]2C(C(=O)Nc3cc(Cl)cc(Cl)c3)[C@@H]3C=CC2(O3)C1C(=O)NC1CCCCC1. The van der Waals surface area contributed by atoms with Crippen molar-refractivity contribution in [2.75, 3.05) is 5.32 Å². The molecule has 3 aliphatic heterocycles. The molecule has 204 valence electrons. The number of nitrogens with one attached hydrogen (secondary N) is 2. The van der Waals surface area contributed by atoms with Crippen LogP contribution in [0.3, 0.4) is 0 Å². The summed E-state index contributed by atoms with van der Waals surface area (Å²) in [6.07, 6.45) is 12.5. The van der Waals surface area contributed by atoms with Crippen molar-refractivity contribution in [1.82, 2.24) is 10.2 Å². The summed E-state index contributed by atoms with van der Waals surface area (Å²) >= 11 is 12.3. The maximum absolute atomic E-state index is 14.3. The molecule has 2 saturated heterocycles. The molecule has 7 atom stereocenters. The average molecular weight is 561 g/mol. The molecule has 7 nitrogen and oxygen atoms in total. The Bertz CT molecular complexity index is 1150. The van der Waals surface area contributed by atoms with Gasteiger partial charge in [0.15, 0.2) is 0 Å². The van der Waals surface area contributed by atoms with E-state index in [4.69, 9.17) is 27.9 Å². The highest BCUT2D eigenvalue weighted by Crippen LogP contribution is 2.56. The first-order valence-electron chi connectivity index (χ1n) is 14.0. The maximum Gasteiger partial charge on any atom is 0.246 e. The molecule has 6 rings (SSSR count). The summed E-state index contributed by atoms with van der Waals surface area (Å²) in [6, 6.07) is 4.12. The van der Waals surface area contributed by atoms with Gasteiger partial charge in [0.05, 0.1) is 17.9 Å². The number of carbonyl (C=O) groups excluding carboxylic acids is 3. The highest BCUT2D eigenvalue weighted by Gasteiger charge is 2.73. The Labute approximate surface area is 233 Å². The van der Waals surface area contributed by atoms with Crippen LogP contribution in [0.2, 0.25) is 10.0 Å². The lowest BCUT2D eigenvalue weighted by molar-refractivity contribution is -0.146. The summed E-state index contributed by atoms with van der Waals surface area (Å²) in [6.45, 7) is 2.17. The minimum Gasteiger partial charge on any atom is -0.359 e. The van der Waals surface area contributed by atoms with Gasteiger partial charge in [0, 0.05) is 27.8 Å². The topological polar surface area (TPSA) is 87.7 Å². The van der Waals surface area contributed by atoms with E-state index >= 15 is 0 Å². The fraction of sp³-hybridized carbons (Fsp3) is 0.621. The van der Waals surface area contributed by atoms with Crippen LogP contribution in [-0.4, -0.2) is 52.5 Å². The van der Waals surface area contributed by atoms with Crippen LogP contribution >= 0.6 is 23.2 Å². The van der Waals surface area contributed by atoms with Gasteiger partial charge in [0.2, 0.25) is 17.7 Å². The Morgan fingerprint density at radius 3 is 2.37 bits per heavy atom. The van der Waals surface area contributed by atoms with Gasteiger partial charge in [-0.05, 0) is 49.8 Å². The Hall–Kier alpha value is -2.09. The summed E-state index contributed by atoms with van der Waals surface area (Å²) in [7, 11) is 0. The van der Waals surface area contributed by atoms with Crippen molar-refractivity contribution >= 4 is 46.6 Å². The first kappa shape index (κ1) is 26.1. The molecule has 4 fully saturated rings. The number of benzene rings is 1. The van der Waals surface area contributed by atoms with Gasteiger partial charge >= 0.3 is 0 Å². The van der Waals surface area contributed by atoms with Gasteiger partial charge in [-0.15, -0.1) is 0 Å². The number of rotatable bonds is 5. The Balaban J connectivity index is 1.33. The third-order valence-corrected chi connectivity index (χ3v) is 9.80. The van der Waals surface area contributed by atoms with Gasteiger partial charge in [-0.3, -0.25) is 14.4 Å². The molecule has 5 unspecified atom stereocenters.